The fourth-order valence-electron chi connectivity index (χ4n) is 3.00. The second-order valence-corrected chi connectivity index (χ2v) is 6.06. The molecule has 1 atom stereocenters. The van der Waals surface area contributed by atoms with Gasteiger partial charge in [-0.05, 0) is 43.4 Å². The van der Waals surface area contributed by atoms with E-state index in [0.717, 1.165) is 42.8 Å². The van der Waals surface area contributed by atoms with Crippen molar-refractivity contribution < 1.29 is 4.79 Å². The fraction of sp³-hybridized carbons (Fsp3) is 0.444. The first-order valence-electron chi connectivity index (χ1n) is 8.17. The van der Waals surface area contributed by atoms with Gasteiger partial charge in [-0.3, -0.25) is 4.79 Å². The number of aryl methyl sites for hydroxylation is 2. The predicted octanol–water partition coefficient (Wildman–Crippen LogP) is 3.50. The maximum Gasteiger partial charge on any atom is 0.227 e. The van der Waals surface area contributed by atoms with Crippen LogP contribution in [-0.4, -0.2) is 15.9 Å². The van der Waals surface area contributed by atoms with Crippen molar-refractivity contribution in [1.29, 1.82) is 0 Å². The Balaban J connectivity index is 1.58. The minimum absolute atomic E-state index is 0.0349. The number of hydrogen-bond acceptors (Lipinski definition) is 2. The van der Waals surface area contributed by atoms with Gasteiger partial charge in [-0.1, -0.05) is 25.5 Å². The molecule has 116 valence electrons. The van der Waals surface area contributed by atoms with Gasteiger partial charge in [-0.2, -0.15) is 0 Å². The van der Waals surface area contributed by atoms with Gasteiger partial charge < -0.3 is 10.3 Å². The lowest BCUT2D eigenvalue weighted by Gasteiger charge is -2.20. The molecule has 2 N–H and O–H groups in total. The number of hydrogen-bond donors (Lipinski definition) is 2. The predicted molar refractivity (Wildman–Crippen MR) is 87.8 cm³/mol. The van der Waals surface area contributed by atoms with E-state index >= 15 is 0 Å². The van der Waals surface area contributed by atoms with Crippen LogP contribution in [0.2, 0.25) is 0 Å². The molecule has 0 saturated heterocycles. The molecule has 0 bridgehead atoms. The second kappa shape index (κ2) is 6.77. The van der Waals surface area contributed by atoms with Gasteiger partial charge in [0.05, 0.1) is 12.0 Å². The maximum atomic E-state index is 12.4. The summed E-state index contributed by atoms with van der Waals surface area (Å²) in [5.74, 6) is 0.147. The van der Waals surface area contributed by atoms with Crippen molar-refractivity contribution in [2.75, 3.05) is 5.32 Å². The summed E-state index contributed by atoms with van der Waals surface area (Å²) < 4.78 is 0. The number of imidazole rings is 1. The van der Waals surface area contributed by atoms with E-state index in [1.165, 1.54) is 18.4 Å². The number of aromatic amines is 1. The Labute approximate surface area is 131 Å². The number of anilines is 1. The number of nitrogens with one attached hydrogen (secondary N) is 2. The third-order valence-corrected chi connectivity index (χ3v) is 4.40. The Bertz CT molecular complexity index is 630. The van der Waals surface area contributed by atoms with Crippen LogP contribution in [0.1, 0.15) is 43.1 Å². The molecule has 1 aliphatic rings. The molecule has 0 aliphatic heterocycles. The van der Waals surface area contributed by atoms with Crippen LogP contribution >= 0.6 is 0 Å². The number of benzene rings is 1. The largest absolute Gasteiger partial charge is 0.348 e. The summed E-state index contributed by atoms with van der Waals surface area (Å²) in [4.78, 5) is 19.8. The summed E-state index contributed by atoms with van der Waals surface area (Å²) in [6.07, 6.45) is 7.76. The van der Waals surface area contributed by atoms with Crippen LogP contribution in [0.15, 0.2) is 30.6 Å². The van der Waals surface area contributed by atoms with Gasteiger partial charge in [-0.15, -0.1) is 0 Å². The van der Waals surface area contributed by atoms with Crippen LogP contribution in [0.4, 0.5) is 5.69 Å². The van der Waals surface area contributed by atoms with Crippen molar-refractivity contribution in [3.8, 4) is 0 Å². The van der Waals surface area contributed by atoms with Crippen molar-refractivity contribution in [1.82, 2.24) is 9.97 Å². The number of amides is 1. The van der Waals surface area contributed by atoms with E-state index in [1.54, 1.807) is 6.33 Å². The molecule has 22 heavy (non-hydrogen) atoms. The molecule has 0 saturated carbocycles. The zero-order chi connectivity index (χ0) is 15.4. The quantitative estimate of drug-likeness (QED) is 0.887. The Kier molecular flexibility index (Phi) is 4.56. The Morgan fingerprint density at radius 1 is 1.36 bits per heavy atom. The van der Waals surface area contributed by atoms with Crippen LogP contribution in [0, 0.1) is 5.92 Å². The van der Waals surface area contributed by atoms with E-state index in [-0.39, 0.29) is 11.8 Å². The third kappa shape index (κ3) is 3.38. The molecule has 4 nitrogen and oxygen atoms in total. The average molecular weight is 297 g/mol. The Hall–Kier alpha value is -2.10. The number of H-pyrrole nitrogens is 1. The normalized spacial score (nSPS) is 17.0. The summed E-state index contributed by atoms with van der Waals surface area (Å²) in [6.45, 7) is 2.20. The minimum atomic E-state index is 0.0349. The molecule has 0 fully saturated rings. The Morgan fingerprint density at radius 3 is 2.95 bits per heavy atom. The number of rotatable bonds is 5. The topological polar surface area (TPSA) is 57.8 Å². The lowest BCUT2D eigenvalue weighted by Crippen LogP contribution is -2.28. The number of carbonyl (C=O) groups is 1. The Morgan fingerprint density at radius 2 is 2.18 bits per heavy atom. The number of carbonyl (C=O) groups excluding carboxylic acids is 1. The van der Waals surface area contributed by atoms with E-state index in [2.05, 4.69) is 34.3 Å². The van der Waals surface area contributed by atoms with Crippen LogP contribution in [-0.2, 0) is 24.1 Å². The van der Waals surface area contributed by atoms with Crippen LogP contribution in [0.5, 0.6) is 0 Å². The molecule has 1 amide bonds. The second-order valence-electron chi connectivity index (χ2n) is 6.06. The number of unbranched alkanes of at least 4 members (excludes halogenated alkanes) is 1. The fourth-order valence-corrected chi connectivity index (χ4v) is 3.00. The summed E-state index contributed by atoms with van der Waals surface area (Å²) in [7, 11) is 0. The van der Waals surface area contributed by atoms with E-state index in [0.29, 0.717) is 0 Å². The van der Waals surface area contributed by atoms with E-state index < -0.39 is 0 Å². The highest BCUT2D eigenvalue weighted by atomic mass is 16.1. The smallest absolute Gasteiger partial charge is 0.227 e. The molecule has 3 rings (SSSR count). The molecule has 1 aromatic carbocycles. The lowest BCUT2D eigenvalue weighted by molar-refractivity contribution is -0.120. The minimum Gasteiger partial charge on any atom is -0.348 e. The number of fused-ring (bicyclic) bond motifs is 1. The van der Waals surface area contributed by atoms with Crippen LogP contribution in [0.25, 0.3) is 0 Å². The van der Waals surface area contributed by atoms with Crippen LogP contribution < -0.4 is 5.32 Å². The maximum absolute atomic E-state index is 12.4. The summed E-state index contributed by atoms with van der Waals surface area (Å²) >= 11 is 0. The molecule has 0 spiro atoms. The van der Waals surface area contributed by atoms with Gasteiger partial charge in [-0.25, -0.2) is 4.98 Å². The molecule has 0 radical (unpaired) electrons. The molecule has 1 unspecified atom stereocenters. The molecular formula is C18H23N3O. The van der Waals surface area contributed by atoms with E-state index in [1.807, 2.05) is 12.1 Å². The third-order valence-electron chi connectivity index (χ3n) is 4.40. The first-order valence-corrected chi connectivity index (χ1v) is 8.17. The first-order chi connectivity index (χ1) is 10.8. The van der Waals surface area contributed by atoms with Gasteiger partial charge >= 0.3 is 0 Å². The molecule has 1 heterocycles. The van der Waals surface area contributed by atoms with E-state index in [4.69, 9.17) is 0 Å². The first kappa shape index (κ1) is 14.8. The molecule has 1 aliphatic carbocycles. The summed E-state index contributed by atoms with van der Waals surface area (Å²) in [5.41, 5.74) is 4.45. The average Bonchev–Trinajstić information content (AvgIpc) is 3.01. The highest BCUT2D eigenvalue weighted by molar-refractivity contribution is 5.92. The zero-order valence-electron chi connectivity index (χ0n) is 13.1. The van der Waals surface area contributed by atoms with Crippen molar-refractivity contribution in [2.45, 2.75) is 45.4 Å². The standard InChI is InChI=1S/C18H23N3O/c1-2-3-4-13-5-8-15(9-6-13)21-18(22)14-7-10-16-17(11-14)20-12-19-16/h5-6,8-9,12,14H,2-4,7,10-11H2,1H3,(H,19,20)(H,21,22). The van der Waals surface area contributed by atoms with Gasteiger partial charge in [0, 0.05) is 23.7 Å². The number of nitrogens with zero attached hydrogens (tertiary/aromatic N) is 1. The van der Waals surface area contributed by atoms with Crippen molar-refractivity contribution in [3.05, 3.63) is 47.5 Å². The molecule has 4 heteroatoms. The summed E-state index contributed by atoms with van der Waals surface area (Å²) in [5, 5.41) is 3.04. The van der Waals surface area contributed by atoms with Crippen molar-refractivity contribution >= 4 is 11.6 Å². The van der Waals surface area contributed by atoms with Gasteiger partial charge in [0.1, 0.15) is 0 Å². The SMILES string of the molecule is CCCCc1ccc(NC(=O)C2CCc3nc[nH]c3C2)cc1. The number of aromatic nitrogens is 2. The van der Waals surface area contributed by atoms with E-state index in [9.17, 15) is 4.79 Å². The van der Waals surface area contributed by atoms with Crippen LogP contribution in [0.3, 0.4) is 0 Å². The highest BCUT2D eigenvalue weighted by Gasteiger charge is 2.26. The van der Waals surface area contributed by atoms with Gasteiger partial charge in [0.2, 0.25) is 5.91 Å². The lowest BCUT2D eigenvalue weighted by atomic mass is 9.89. The van der Waals surface area contributed by atoms with Gasteiger partial charge in [0.15, 0.2) is 0 Å². The molecule has 1 aromatic heterocycles. The highest BCUT2D eigenvalue weighted by Crippen LogP contribution is 2.24. The molecular weight excluding hydrogens is 274 g/mol. The van der Waals surface area contributed by atoms with Crippen molar-refractivity contribution in [3.63, 3.8) is 0 Å². The van der Waals surface area contributed by atoms with Gasteiger partial charge in [0.25, 0.3) is 0 Å². The zero-order valence-corrected chi connectivity index (χ0v) is 13.1. The van der Waals surface area contributed by atoms with Crippen molar-refractivity contribution in [2.24, 2.45) is 5.92 Å². The monoisotopic (exact) mass is 297 g/mol. The summed E-state index contributed by atoms with van der Waals surface area (Å²) in [6, 6.07) is 8.24. The molecule has 2 aromatic rings.